The van der Waals surface area contributed by atoms with Crippen molar-refractivity contribution >= 4 is 29.2 Å². The summed E-state index contributed by atoms with van der Waals surface area (Å²) in [6, 6.07) is 7.75. The number of carbonyl (C=O) groups is 2. The topological polar surface area (TPSA) is 90.9 Å². The lowest BCUT2D eigenvalue weighted by atomic mass is 9.96. The second kappa shape index (κ2) is 9.15. The van der Waals surface area contributed by atoms with Crippen LogP contribution in [0.25, 0.3) is 0 Å². The van der Waals surface area contributed by atoms with E-state index >= 15 is 0 Å². The van der Waals surface area contributed by atoms with Crippen LogP contribution in [0.3, 0.4) is 0 Å². The van der Waals surface area contributed by atoms with Crippen LogP contribution in [-0.4, -0.2) is 42.2 Å². The molecular formula is C21H21ClFN3O4. The summed E-state index contributed by atoms with van der Waals surface area (Å²) in [7, 11) is 1.55. The number of carbonyl (C=O) groups excluding carboxylic acids is 2. The van der Waals surface area contributed by atoms with E-state index in [-0.39, 0.29) is 24.8 Å². The Hall–Kier alpha value is -3.10. The molecule has 30 heavy (non-hydrogen) atoms. The minimum Gasteiger partial charge on any atom is -0.490 e. The molecule has 3 rings (SSSR count). The lowest BCUT2D eigenvalue weighted by molar-refractivity contribution is -0.113. The van der Waals surface area contributed by atoms with Crippen LogP contribution in [0.5, 0.6) is 5.75 Å². The average molecular weight is 434 g/mol. The first kappa shape index (κ1) is 21.6. The highest BCUT2D eigenvalue weighted by molar-refractivity contribution is 6.32. The van der Waals surface area contributed by atoms with Gasteiger partial charge in [0.1, 0.15) is 18.2 Å². The Labute approximate surface area is 178 Å². The molecule has 0 saturated carbocycles. The Morgan fingerprint density at radius 1 is 1.33 bits per heavy atom. The molecule has 3 N–H and O–H groups in total. The zero-order chi connectivity index (χ0) is 21.8. The van der Waals surface area contributed by atoms with Crippen molar-refractivity contribution in [1.29, 1.82) is 0 Å². The number of nitrogens with zero attached hydrogens (tertiary/aromatic N) is 1. The fourth-order valence-electron chi connectivity index (χ4n) is 3.13. The maximum absolute atomic E-state index is 13.3. The van der Waals surface area contributed by atoms with Crippen LogP contribution in [0.15, 0.2) is 48.2 Å². The molecule has 1 aliphatic heterocycles. The van der Waals surface area contributed by atoms with Crippen molar-refractivity contribution in [2.24, 2.45) is 0 Å². The molecule has 0 bridgehead atoms. The molecule has 9 heteroatoms. The maximum Gasteiger partial charge on any atom is 0.321 e. The lowest BCUT2D eigenvalue weighted by Gasteiger charge is -2.33. The molecule has 1 atom stereocenters. The summed E-state index contributed by atoms with van der Waals surface area (Å²) in [5.74, 6) is -0.539. The van der Waals surface area contributed by atoms with Gasteiger partial charge in [0.2, 0.25) is 0 Å². The van der Waals surface area contributed by atoms with E-state index < -0.39 is 17.8 Å². The van der Waals surface area contributed by atoms with Crippen LogP contribution in [0, 0.1) is 12.7 Å². The van der Waals surface area contributed by atoms with Crippen LogP contribution in [0.1, 0.15) is 17.2 Å². The van der Waals surface area contributed by atoms with Gasteiger partial charge in [0.15, 0.2) is 0 Å². The number of hydrogen-bond donors (Lipinski definition) is 3. The van der Waals surface area contributed by atoms with Crippen LogP contribution in [0.2, 0.25) is 5.02 Å². The number of halogens is 2. The van der Waals surface area contributed by atoms with Crippen LogP contribution >= 0.6 is 11.6 Å². The first-order valence-corrected chi connectivity index (χ1v) is 9.53. The van der Waals surface area contributed by atoms with Crippen LogP contribution in [0.4, 0.5) is 14.9 Å². The van der Waals surface area contributed by atoms with Crippen molar-refractivity contribution < 1.29 is 23.8 Å². The maximum atomic E-state index is 13.3. The van der Waals surface area contributed by atoms with Gasteiger partial charge in [-0.25, -0.2) is 9.18 Å². The summed E-state index contributed by atoms with van der Waals surface area (Å²) < 4.78 is 18.7. The number of nitrogens with one attached hydrogen (secondary N) is 2. The highest BCUT2D eigenvalue weighted by atomic mass is 35.5. The Balaban J connectivity index is 1.91. The number of urea groups is 1. The third kappa shape index (κ3) is 4.55. The quantitative estimate of drug-likeness (QED) is 0.651. The van der Waals surface area contributed by atoms with E-state index in [1.807, 2.05) is 0 Å². The molecule has 2 aromatic carbocycles. The first-order chi connectivity index (χ1) is 14.3. The second-order valence-electron chi connectivity index (χ2n) is 6.74. The van der Waals surface area contributed by atoms with Crippen LogP contribution in [-0.2, 0) is 4.79 Å². The highest BCUT2D eigenvalue weighted by Crippen LogP contribution is 2.34. The van der Waals surface area contributed by atoms with Gasteiger partial charge in [-0.1, -0.05) is 23.7 Å². The molecule has 0 aliphatic carbocycles. The number of aryl methyl sites for hydroxylation is 1. The largest absolute Gasteiger partial charge is 0.490 e. The number of likely N-dealkylation sites (N-methyl/N-ethyl adjacent to an activating group) is 1. The first-order valence-electron chi connectivity index (χ1n) is 9.16. The molecule has 0 fully saturated rings. The van der Waals surface area contributed by atoms with Gasteiger partial charge in [0.25, 0.3) is 5.91 Å². The number of aliphatic hydroxyl groups excluding tert-OH is 1. The number of hydrogen-bond acceptors (Lipinski definition) is 4. The van der Waals surface area contributed by atoms with E-state index in [4.69, 9.17) is 21.4 Å². The number of aliphatic hydroxyl groups is 1. The van der Waals surface area contributed by atoms with E-state index in [1.165, 1.54) is 35.4 Å². The summed E-state index contributed by atoms with van der Waals surface area (Å²) in [5, 5.41) is 14.7. The van der Waals surface area contributed by atoms with Gasteiger partial charge in [-0.3, -0.25) is 4.79 Å². The van der Waals surface area contributed by atoms with Gasteiger partial charge >= 0.3 is 6.03 Å². The van der Waals surface area contributed by atoms with E-state index in [2.05, 4.69) is 10.6 Å². The van der Waals surface area contributed by atoms with Crippen molar-refractivity contribution in [3.8, 4) is 5.75 Å². The third-order valence-corrected chi connectivity index (χ3v) is 4.97. The summed E-state index contributed by atoms with van der Waals surface area (Å²) in [5.41, 5.74) is 2.04. The van der Waals surface area contributed by atoms with Crippen LogP contribution < -0.4 is 15.4 Å². The lowest BCUT2D eigenvalue weighted by Crippen LogP contribution is -2.44. The summed E-state index contributed by atoms with van der Waals surface area (Å²) in [6.45, 7) is 1.66. The Bertz CT molecular complexity index is 994. The smallest absolute Gasteiger partial charge is 0.321 e. The minimum absolute atomic E-state index is 0.0603. The molecule has 0 unspecified atom stereocenters. The molecular weight excluding hydrogens is 413 g/mol. The molecule has 0 aromatic heterocycles. The average Bonchev–Trinajstić information content (AvgIpc) is 2.71. The van der Waals surface area contributed by atoms with Gasteiger partial charge in [0, 0.05) is 25.0 Å². The fraction of sp³-hybridized carbons (Fsp3) is 0.238. The van der Waals surface area contributed by atoms with Gasteiger partial charge in [-0.2, -0.15) is 0 Å². The third-order valence-electron chi connectivity index (χ3n) is 4.68. The van der Waals surface area contributed by atoms with Crippen molar-refractivity contribution in [2.75, 3.05) is 25.6 Å². The molecule has 0 spiro atoms. The molecule has 158 valence electrons. The zero-order valence-electron chi connectivity index (χ0n) is 16.4. The molecule has 7 nitrogen and oxygen atoms in total. The summed E-state index contributed by atoms with van der Waals surface area (Å²) in [6.07, 6.45) is 1.35. The second-order valence-corrected chi connectivity index (χ2v) is 7.15. The number of rotatable bonds is 6. The van der Waals surface area contributed by atoms with E-state index in [9.17, 15) is 14.0 Å². The van der Waals surface area contributed by atoms with E-state index in [0.717, 1.165) is 0 Å². The van der Waals surface area contributed by atoms with Crippen molar-refractivity contribution in [2.45, 2.75) is 13.0 Å². The molecule has 1 aliphatic rings. The predicted octanol–water partition coefficient (Wildman–Crippen LogP) is 3.38. The van der Waals surface area contributed by atoms with E-state index in [0.29, 0.717) is 27.6 Å². The Morgan fingerprint density at radius 2 is 2.03 bits per heavy atom. The zero-order valence-corrected chi connectivity index (χ0v) is 17.2. The van der Waals surface area contributed by atoms with E-state index in [1.54, 1.807) is 26.1 Å². The molecule has 2 aromatic rings. The summed E-state index contributed by atoms with van der Waals surface area (Å²) >= 11 is 6.16. The molecule has 0 saturated heterocycles. The summed E-state index contributed by atoms with van der Waals surface area (Å²) in [4.78, 5) is 26.6. The van der Waals surface area contributed by atoms with Gasteiger partial charge in [0.05, 0.1) is 23.2 Å². The van der Waals surface area contributed by atoms with Gasteiger partial charge in [-0.05, 0) is 36.2 Å². The minimum atomic E-state index is -0.697. The number of anilines is 1. The SMILES string of the molecule is Cc1cc(Cl)c(OCCO)cc1NC(=O)C1=CNC(=O)N(C)[C@H]1c1ccc(F)cc1. The Morgan fingerprint density at radius 3 is 2.70 bits per heavy atom. The Kier molecular flexibility index (Phi) is 6.59. The van der Waals surface area contributed by atoms with Gasteiger partial charge < -0.3 is 25.4 Å². The molecule has 0 radical (unpaired) electrons. The van der Waals surface area contributed by atoms with Crippen molar-refractivity contribution in [1.82, 2.24) is 10.2 Å². The molecule has 3 amide bonds. The standard InChI is InChI=1S/C21H21ClFN3O4/c1-12-9-16(22)18(30-8-7-27)10-17(12)25-20(28)15-11-24-21(29)26(2)19(15)13-3-5-14(23)6-4-13/h3-6,9-11,19,27H,7-8H2,1-2H3,(H,24,29)(H,25,28)/t19-/m0/s1. The van der Waals surface area contributed by atoms with Crippen molar-refractivity contribution in [3.63, 3.8) is 0 Å². The number of amides is 3. The number of benzene rings is 2. The number of ether oxygens (including phenoxy) is 1. The van der Waals surface area contributed by atoms with Crippen molar-refractivity contribution in [3.05, 3.63) is 70.1 Å². The predicted molar refractivity (Wildman–Crippen MR) is 111 cm³/mol. The fourth-order valence-corrected chi connectivity index (χ4v) is 3.41. The highest BCUT2D eigenvalue weighted by Gasteiger charge is 2.33. The normalized spacial score (nSPS) is 16.0. The monoisotopic (exact) mass is 433 g/mol. The molecule has 1 heterocycles. The van der Waals surface area contributed by atoms with Gasteiger partial charge in [-0.15, -0.1) is 0 Å².